The summed E-state index contributed by atoms with van der Waals surface area (Å²) in [6.07, 6.45) is 9.08. The van der Waals surface area contributed by atoms with E-state index in [1.54, 1.807) is 0 Å². The van der Waals surface area contributed by atoms with Crippen molar-refractivity contribution < 1.29 is 0 Å². The van der Waals surface area contributed by atoms with Crippen molar-refractivity contribution in [3.8, 4) is 0 Å². The van der Waals surface area contributed by atoms with Crippen LogP contribution in [0.4, 0.5) is 0 Å². The minimum absolute atomic E-state index is 0.303. The zero-order chi connectivity index (χ0) is 22.5. The molecule has 0 unspecified atom stereocenters. The summed E-state index contributed by atoms with van der Waals surface area (Å²) in [6, 6.07) is 10.5. The lowest BCUT2D eigenvalue weighted by Gasteiger charge is -2.31. The molecule has 0 aliphatic heterocycles. The van der Waals surface area contributed by atoms with E-state index in [9.17, 15) is 0 Å². The van der Waals surface area contributed by atoms with Crippen molar-refractivity contribution in [1.29, 1.82) is 0 Å². The third-order valence-electron chi connectivity index (χ3n) is 4.71. The van der Waals surface area contributed by atoms with Gasteiger partial charge >= 0.3 is 0 Å². The lowest BCUT2D eigenvalue weighted by Crippen LogP contribution is -2.33. The lowest BCUT2D eigenvalue weighted by molar-refractivity contribution is 0.317. The molecule has 1 aromatic carbocycles. The van der Waals surface area contributed by atoms with Gasteiger partial charge in [-0.05, 0) is 52.7 Å². The van der Waals surface area contributed by atoms with E-state index in [2.05, 4.69) is 74.2 Å². The third kappa shape index (κ3) is 7.42. The fourth-order valence-corrected chi connectivity index (χ4v) is 3.03. The van der Waals surface area contributed by atoms with Crippen LogP contribution in [0.2, 0.25) is 0 Å². The maximum absolute atomic E-state index is 4.91. The molecule has 0 radical (unpaired) electrons. The minimum atomic E-state index is 0.303. The van der Waals surface area contributed by atoms with Crippen LogP contribution in [0, 0.1) is 0 Å². The van der Waals surface area contributed by atoms with Gasteiger partial charge in [-0.3, -0.25) is 4.99 Å². The molecular formula is C27H37N3. The largest absolute Gasteiger partial charge is 0.364 e. The van der Waals surface area contributed by atoms with Crippen molar-refractivity contribution >= 4 is 5.71 Å². The molecule has 0 fully saturated rings. The highest BCUT2D eigenvalue weighted by Crippen LogP contribution is 2.20. The van der Waals surface area contributed by atoms with E-state index in [0.29, 0.717) is 12.6 Å². The molecule has 0 saturated heterocycles. The standard InChI is InChI=1S/C27H37N3/c1-9-13-20-30(21(5)6)23(8)25(11-3)29-27(17-10-2)26(12-4)28-22(7)24-18-15-14-16-19-24/h11-19,21,29H,1,8,10,20H2,2-7H3/b25-11+,26-12-,27-17?,28-22?. The molecule has 0 spiro atoms. The molecule has 0 saturated carbocycles. The Morgan fingerprint density at radius 1 is 1.17 bits per heavy atom. The topological polar surface area (TPSA) is 27.6 Å². The van der Waals surface area contributed by atoms with E-state index in [1.807, 2.05) is 51.1 Å². The highest BCUT2D eigenvalue weighted by atomic mass is 15.2. The maximum atomic E-state index is 4.91. The van der Waals surface area contributed by atoms with E-state index in [0.717, 1.165) is 40.5 Å². The van der Waals surface area contributed by atoms with Gasteiger partial charge in [0, 0.05) is 18.3 Å². The fourth-order valence-electron chi connectivity index (χ4n) is 3.03. The van der Waals surface area contributed by atoms with Crippen LogP contribution in [0.25, 0.3) is 0 Å². The maximum Gasteiger partial charge on any atom is 0.0822 e. The van der Waals surface area contributed by atoms with Crippen molar-refractivity contribution in [2.24, 2.45) is 4.99 Å². The second-order valence-corrected chi connectivity index (χ2v) is 7.19. The minimum Gasteiger partial charge on any atom is -0.364 e. The van der Waals surface area contributed by atoms with Crippen LogP contribution < -0.4 is 5.32 Å². The van der Waals surface area contributed by atoms with Gasteiger partial charge in [-0.15, -0.1) is 5.73 Å². The number of allylic oxidation sites excluding steroid dienone is 3. The molecule has 0 aliphatic rings. The number of benzene rings is 1. The zero-order valence-electron chi connectivity index (χ0n) is 19.5. The Bertz CT molecular complexity index is 861. The average molecular weight is 404 g/mol. The molecule has 0 aromatic heterocycles. The van der Waals surface area contributed by atoms with Crippen LogP contribution in [0.15, 0.2) is 101 Å². The highest BCUT2D eigenvalue weighted by molar-refractivity contribution is 5.99. The number of nitrogens with zero attached hydrogens (tertiary/aromatic N) is 2. The average Bonchev–Trinajstić information content (AvgIpc) is 2.75. The Labute approximate surface area is 183 Å². The molecule has 0 atom stereocenters. The predicted molar refractivity (Wildman–Crippen MR) is 132 cm³/mol. The fraction of sp³-hybridized carbons (Fsp3) is 0.333. The summed E-state index contributed by atoms with van der Waals surface area (Å²) in [4.78, 5) is 7.13. The molecule has 1 N–H and O–H groups in total. The van der Waals surface area contributed by atoms with Gasteiger partial charge in [0.05, 0.1) is 22.8 Å². The summed E-state index contributed by atoms with van der Waals surface area (Å²) < 4.78 is 0. The van der Waals surface area contributed by atoms with Crippen LogP contribution in [0.3, 0.4) is 0 Å². The van der Waals surface area contributed by atoms with Crippen LogP contribution >= 0.6 is 0 Å². The first-order chi connectivity index (χ1) is 14.4. The van der Waals surface area contributed by atoms with E-state index in [4.69, 9.17) is 4.99 Å². The third-order valence-corrected chi connectivity index (χ3v) is 4.71. The van der Waals surface area contributed by atoms with Gasteiger partial charge in [0.2, 0.25) is 0 Å². The van der Waals surface area contributed by atoms with E-state index in [1.165, 1.54) is 0 Å². The smallest absolute Gasteiger partial charge is 0.0822 e. The van der Waals surface area contributed by atoms with Gasteiger partial charge in [-0.2, -0.15) is 0 Å². The molecule has 160 valence electrons. The van der Waals surface area contributed by atoms with Crippen molar-refractivity contribution in [2.45, 2.75) is 54.0 Å². The summed E-state index contributed by atoms with van der Waals surface area (Å²) >= 11 is 0. The van der Waals surface area contributed by atoms with E-state index in [-0.39, 0.29) is 0 Å². The Balaban J connectivity index is 3.20. The molecule has 0 aliphatic carbocycles. The number of rotatable bonds is 11. The monoisotopic (exact) mass is 403 g/mol. The first-order valence-electron chi connectivity index (χ1n) is 10.6. The Kier molecular flexibility index (Phi) is 11.0. The van der Waals surface area contributed by atoms with Gasteiger partial charge in [0.15, 0.2) is 0 Å². The Morgan fingerprint density at radius 3 is 2.33 bits per heavy atom. The summed E-state index contributed by atoms with van der Waals surface area (Å²) in [7, 11) is 0. The highest BCUT2D eigenvalue weighted by Gasteiger charge is 2.16. The molecular weight excluding hydrogens is 366 g/mol. The second-order valence-electron chi connectivity index (χ2n) is 7.19. The molecule has 0 heterocycles. The molecule has 1 aromatic rings. The zero-order valence-corrected chi connectivity index (χ0v) is 19.5. The van der Waals surface area contributed by atoms with Crippen LogP contribution in [0.5, 0.6) is 0 Å². The summed E-state index contributed by atoms with van der Waals surface area (Å²) in [5.74, 6) is 0. The van der Waals surface area contributed by atoms with E-state index >= 15 is 0 Å². The molecule has 0 amide bonds. The number of hydrogen-bond acceptors (Lipinski definition) is 3. The van der Waals surface area contributed by atoms with Crippen LogP contribution in [-0.4, -0.2) is 23.2 Å². The normalized spacial score (nSPS) is 13.2. The van der Waals surface area contributed by atoms with E-state index < -0.39 is 0 Å². The molecule has 30 heavy (non-hydrogen) atoms. The van der Waals surface area contributed by atoms with Gasteiger partial charge in [0.25, 0.3) is 0 Å². The lowest BCUT2D eigenvalue weighted by atomic mass is 10.1. The Hall–Kier alpha value is -3.03. The van der Waals surface area contributed by atoms with Crippen LogP contribution in [0.1, 0.15) is 53.5 Å². The SMILES string of the molecule is C=C=CCN(C(=C)/C(=C\C)NC(=CCC)/C(=C/C)N=C(C)c1ccccc1)C(C)C. The summed E-state index contributed by atoms with van der Waals surface area (Å²) in [6.45, 7) is 21.3. The van der Waals surface area contributed by atoms with Crippen molar-refractivity contribution in [1.82, 2.24) is 10.2 Å². The first kappa shape index (κ1) is 25.0. The van der Waals surface area contributed by atoms with Gasteiger partial charge in [0.1, 0.15) is 0 Å². The van der Waals surface area contributed by atoms with Crippen molar-refractivity contribution in [3.63, 3.8) is 0 Å². The molecule has 3 heteroatoms. The number of hydrogen-bond donors (Lipinski definition) is 1. The predicted octanol–water partition coefficient (Wildman–Crippen LogP) is 6.75. The first-order valence-corrected chi connectivity index (χ1v) is 10.6. The number of aliphatic imine (C=N–C) groups is 1. The second kappa shape index (κ2) is 13.2. The molecule has 3 nitrogen and oxygen atoms in total. The molecule has 1 rings (SSSR count). The summed E-state index contributed by atoms with van der Waals surface area (Å²) in [5, 5.41) is 3.58. The number of nitrogens with one attached hydrogen (secondary N) is 1. The van der Waals surface area contributed by atoms with Crippen molar-refractivity contribution in [3.05, 3.63) is 102 Å². The van der Waals surface area contributed by atoms with Crippen LogP contribution in [-0.2, 0) is 0 Å². The summed E-state index contributed by atoms with van der Waals surface area (Å²) in [5.41, 5.74) is 8.74. The quantitative estimate of drug-likeness (QED) is 0.251. The van der Waals surface area contributed by atoms with Crippen molar-refractivity contribution in [2.75, 3.05) is 6.54 Å². The van der Waals surface area contributed by atoms with Gasteiger partial charge < -0.3 is 10.2 Å². The van der Waals surface area contributed by atoms with Gasteiger partial charge in [-0.25, -0.2) is 0 Å². The molecule has 0 bridgehead atoms. The van der Waals surface area contributed by atoms with Gasteiger partial charge in [-0.1, -0.05) is 68.6 Å². The Morgan fingerprint density at radius 2 is 1.83 bits per heavy atom.